The molecular weight excluding hydrogens is 220 g/mol. The second-order valence-electron chi connectivity index (χ2n) is 5.99. The molecule has 0 aliphatic heterocycles. The molecule has 1 N–H and O–H groups in total. The fraction of sp³-hybridized carbons (Fsp3) is 0.688. The Balaban J connectivity index is 1.89. The van der Waals surface area contributed by atoms with Crippen LogP contribution < -0.4 is 5.32 Å². The average Bonchev–Trinajstić information content (AvgIpc) is 2.38. The molecule has 0 aromatic carbocycles. The van der Waals surface area contributed by atoms with Crippen LogP contribution in [0.3, 0.4) is 0 Å². The number of rotatable bonds is 4. The van der Waals surface area contributed by atoms with E-state index in [0.29, 0.717) is 6.04 Å². The zero-order chi connectivity index (χ0) is 13.0. The third-order valence-electron chi connectivity index (χ3n) is 4.22. The van der Waals surface area contributed by atoms with E-state index < -0.39 is 0 Å². The first-order valence-electron chi connectivity index (χ1n) is 7.31. The van der Waals surface area contributed by atoms with Gasteiger partial charge in [0.1, 0.15) is 0 Å². The molecule has 0 bridgehead atoms. The fourth-order valence-corrected chi connectivity index (χ4v) is 3.06. The van der Waals surface area contributed by atoms with Gasteiger partial charge in [-0.15, -0.1) is 0 Å². The van der Waals surface area contributed by atoms with Gasteiger partial charge in [0.05, 0.1) is 0 Å². The first-order chi connectivity index (χ1) is 8.66. The average molecular weight is 246 g/mol. The van der Waals surface area contributed by atoms with Crippen molar-refractivity contribution in [1.29, 1.82) is 0 Å². The minimum Gasteiger partial charge on any atom is -0.310 e. The van der Waals surface area contributed by atoms with E-state index in [-0.39, 0.29) is 0 Å². The van der Waals surface area contributed by atoms with E-state index in [1.54, 1.807) is 0 Å². The monoisotopic (exact) mass is 246 g/mol. The molecule has 0 saturated heterocycles. The SMILES string of the molecule is Cc1ccc(CNC2CCCCC2C(C)C)cn1. The lowest BCUT2D eigenvalue weighted by atomic mass is 9.78. The second-order valence-corrected chi connectivity index (χ2v) is 5.99. The second kappa shape index (κ2) is 6.33. The van der Waals surface area contributed by atoms with E-state index in [0.717, 1.165) is 24.1 Å². The summed E-state index contributed by atoms with van der Waals surface area (Å²) in [6, 6.07) is 4.97. The van der Waals surface area contributed by atoms with Gasteiger partial charge in [-0.1, -0.05) is 32.8 Å². The van der Waals surface area contributed by atoms with Crippen LogP contribution in [0.1, 0.15) is 50.8 Å². The third kappa shape index (κ3) is 3.55. The zero-order valence-corrected chi connectivity index (χ0v) is 11.9. The Morgan fingerprint density at radius 1 is 1.28 bits per heavy atom. The number of aryl methyl sites for hydroxylation is 1. The standard InChI is InChI=1S/C16H26N2/c1-12(2)15-6-4-5-7-16(15)18-11-14-9-8-13(3)17-10-14/h8-10,12,15-16,18H,4-7,11H2,1-3H3. The molecule has 2 atom stereocenters. The van der Waals surface area contributed by atoms with Crippen molar-refractivity contribution in [3.63, 3.8) is 0 Å². The van der Waals surface area contributed by atoms with Gasteiger partial charge < -0.3 is 5.32 Å². The molecule has 1 heterocycles. The maximum Gasteiger partial charge on any atom is 0.0372 e. The molecule has 1 saturated carbocycles. The summed E-state index contributed by atoms with van der Waals surface area (Å²) in [7, 11) is 0. The number of aromatic nitrogens is 1. The largest absolute Gasteiger partial charge is 0.310 e. The van der Waals surface area contributed by atoms with Gasteiger partial charge in [0, 0.05) is 24.5 Å². The molecule has 1 aromatic rings. The summed E-state index contributed by atoms with van der Waals surface area (Å²) in [6.07, 6.45) is 7.51. The van der Waals surface area contributed by atoms with E-state index in [2.05, 4.69) is 36.3 Å². The molecule has 1 aliphatic rings. The Kier molecular flexibility index (Phi) is 4.76. The Morgan fingerprint density at radius 2 is 2.06 bits per heavy atom. The van der Waals surface area contributed by atoms with Gasteiger partial charge in [-0.3, -0.25) is 4.98 Å². The van der Waals surface area contributed by atoms with E-state index in [1.165, 1.54) is 31.2 Å². The molecule has 0 amide bonds. The molecule has 2 nitrogen and oxygen atoms in total. The van der Waals surface area contributed by atoms with Gasteiger partial charge in [0.15, 0.2) is 0 Å². The molecule has 1 fully saturated rings. The summed E-state index contributed by atoms with van der Waals surface area (Å²) >= 11 is 0. The number of hydrogen-bond donors (Lipinski definition) is 1. The van der Waals surface area contributed by atoms with Crippen molar-refractivity contribution in [2.45, 2.75) is 59.0 Å². The van der Waals surface area contributed by atoms with Crippen molar-refractivity contribution >= 4 is 0 Å². The van der Waals surface area contributed by atoms with Crippen LogP contribution in [-0.4, -0.2) is 11.0 Å². The van der Waals surface area contributed by atoms with Crippen molar-refractivity contribution in [3.05, 3.63) is 29.6 Å². The number of nitrogens with one attached hydrogen (secondary N) is 1. The molecule has 0 radical (unpaired) electrons. The smallest absolute Gasteiger partial charge is 0.0372 e. The molecule has 1 aliphatic carbocycles. The minimum absolute atomic E-state index is 0.694. The van der Waals surface area contributed by atoms with Gasteiger partial charge in [-0.2, -0.15) is 0 Å². The van der Waals surface area contributed by atoms with Crippen molar-refractivity contribution < 1.29 is 0 Å². The van der Waals surface area contributed by atoms with Crippen molar-refractivity contribution in [2.24, 2.45) is 11.8 Å². The Bertz CT molecular complexity index is 356. The number of pyridine rings is 1. The van der Waals surface area contributed by atoms with Crippen LogP contribution in [0, 0.1) is 18.8 Å². The van der Waals surface area contributed by atoms with Crippen LogP contribution in [-0.2, 0) is 6.54 Å². The Hall–Kier alpha value is -0.890. The normalized spacial score (nSPS) is 24.4. The minimum atomic E-state index is 0.694. The summed E-state index contributed by atoms with van der Waals surface area (Å²) in [5.41, 5.74) is 2.39. The summed E-state index contributed by atoms with van der Waals surface area (Å²) in [5, 5.41) is 3.75. The van der Waals surface area contributed by atoms with E-state index in [9.17, 15) is 0 Å². The van der Waals surface area contributed by atoms with Crippen LogP contribution in [0.2, 0.25) is 0 Å². The van der Waals surface area contributed by atoms with Crippen molar-refractivity contribution in [2.75, 3.05) is 0 Å². The first kappa shape index (κ1) is 13.5. The molecule has 100 valence electrons. The summed E-state index contributed by atoms with van der Waals surface area (Å²) in [5.74, 6) is 1.64. The lowest BCUT2D eigenvalue weighted by Crippen LogP contribution is -2.40. The van der Waals surface area contributed by atoms with Gasteiger partial charge >= 0.3 is 0 Å². The molecule has 0 spiro atoms. The highest BCUT2D eigenvalue weighted by Gasteiger charge is 2.26. The number of nitrogens with zero attached hydrogens (tertiary/aromatic N) is 1. The first-order valence-corrected chi connectivity index (χ1v) is 7.31. The van der Waals surface area contributed by atoms with Crippen LogP contribution in [0.5, 0.6) is 0 Å². The van der Waals surface area contributed by atoms with Gasteiger partial charge in [-0.25, -0.2) is 0 Å². The highest BCUT2D eigenvalue weighted by atomic mass is 14.9. The quantitative estimate of drug-likeness (QED) is 0.876. The summed E-state index contributed by atoms with van der Waals surface area (Å²) in [4.78, 5) is 4.36. The Morgan fingerprint density at radius 3 is 2.72 bits per heavy atom. The van der Waals surface area contributed by atoms with Gasteiger partial charge in [-0.05, 0) is 43.2 Å². The van der Waals surface area contributed by atoms with E-state index >= 15 is 0 Å². The van der Waals surface area contributed by atoms with E-state index in [4.69, 9.17) is 0 Å². The zero-order valence-electron chi connectivity index (χ0n) is 11.9. The van der Waals surface area contributed by atoms with Crippen LogP contribution in [0.25, 0.3) is 0 Å². The van der Waals surface area contributed by atoms with Gasteiger partial charge in [0.25, 0.3) is 0 Å². The molecule has 2 unspecified atom stereocenters. The highest BCUT2D eigenvalue weighted by Crippen LogP contribution is 2.30. The van der Waals surface area contributed by atoms with Crippen LogP contribution in [0.15, 0.2) is 18.3 Å². The van der Waals surface area contributed by atoms with Crippen molar-refractivity contribution in [3.8, 4) is 0 Å². The molecular formula is C16H26N2. The molecule has 2 heteroatoms. The predicted molar refractivity (Wildman–Crippen MR) is 76.4 cm³/mol. The lowest BCUT2D eigenvalue weighted by Gasteiger charge is -2.35. The Labute approximate surface area is 111 Å². The maximum atomic E-state index is 4.36. The third-order valence-corrected chi connectivity index (χ3v) is 4.22. The predicted octanol–water partition coefficient (Wildman–Crippen LogP) is 3.69. The molecule has 2 rings (SSSR count). The van der Waals surface area contributed by atoms with Crippen molar-refractivity contribution in [1.82, 2.24) is 10.3 Å². The summed E-state index contributed by atoms with van der Waals surface area (Å²) in [6.45, 7) is 7.71. The van der Waals surface area contributed by atoms with Crippen LogP contribution >= 0.6 is 0 Å². The maximum absolute atomic E-state index is 4.36. The number of hydrogen-bond acceptors (Lipinski definition) is 2. The molecule has 18 heavy (non-hydrogen) atoms. The highest BCUT2D eigenvalue weighted by molar-refractivity contribution is 5.13. The topological polar surface area (TPSA) is 24.9 Å². The van der Waals surface area contributed by atoms with E-state index in [1.807, 2.05) is 13.1 Å². The van der Waals surface area contributed by atoms with Crippen LogP contribution in [0.4, 0.5) is 0 Å². The summed E-state index contributed by atoms with van der Waals surface area (Å²) < 4.78 is 0. The molecule has 1 aromatic heterocycles. The van der Waals surface area contributed by atoms with Gasteiger partial charge in [0.2, 0.25) is 0 Å². The fourth-order valence-electron chi connectivity index (χ4n) is 3.06. The lowest BCUT2D eigenvalue weighted by molar-refractivity contribution is 0.204.